The summed E-state index contributed by atoms with van der Waals surface area (Å²) in [5, 5.41) is 8.88. The molecule has 5 nitrogen and oxygen atoms in total. The van der Waals surface area contributed by atoms with E-state index in [4.69, 9.17) is 10.00 Å². The molecule has 0 spiro atoms. The number of hydrogen-bond acceptors (Lipinski definition) is 4. The number of carbonyl (C=O) groups is 2. The van der Waals surface area contributed by atoms with Crippen molar-refractivity contribution in [3.05, 3.63) is 62.7 Å². The molecule has 0 aliphatic heterocycles. The summed E-state index contributed by atoms with van der Waals surface area (Å²) in [6, 6.07) is 14.8. The number of anilines is 1. The first-order chi connectivity index (χ1) is 12.4. The molecule has 0 fully saturated rings. The number of ether oxygens (including phenoxy) is 1. The van der Waals surface area contributed by atoms with Crippen LogP contribution in [0.4, 0.5) is 5.69 Å². The molecule has 2 aromatic carbocycles. The van der Waals surface area contributed by atoms with Crippen molar-refractivity contribution in [2.24, 2.45) is 0 Å². The fourth-order valence-corrected chi connectivity index (χ4v) is 3.18. The molecular weight excluding hydrogens is 443 g/mol. The molecule has 0 heterocycles. The van der Waals surface area contributed by atoms with Gasteiger partial charge in [-0.05, 0) is 71.8 Å². The van der Waals surface area contributed by atoms with E-state index in [9.17, 15) is 9.59 Å². The molecule has 0 aliphatic rings. The highest BCUT2D eigenvalue weighted by atomic mass is 127. The normalized spacial score (nSPS) is 10.1. The lowest BCUT2D eigenvalue weighted by molar-refractivity contribution is -0.121. The number of amides is 1. The van der Waals surface area contributed by atoms with Gasteiger partial charge in [0, 0.05) is 15.8 Å². The minimum Gasteiger partial charge on any atom is -0.452 e. The summed E-state index contributed by atoms with van der Waals surface area (Å²) in [6.07, 6.45) is 0.198. The molecule has 2 rings (SSSR count). The molecule has 0 aliphatic carbocycles. The van der Waals surface area contributed by atoms with Gasteiger partial charge in [0.1, 0.15) is 0 Å². The molecule has 6 heteroatoms. The number of hydrogen-bond donors (Lipinski definition) is 0. The largest absolute Gasteiger partial charge is 0.452 e. The fourth-order valence-electron chi connectivity index (χ4n) is 2.58. The highest BCUT2D eigenvalue weighted by Crippen LogP contribution is 2.20. The summed E-state index contributed by atoms with van der Waals surface area (Å²) in [7, 11) is 0. The molecule has 0 saturated heterocycles. The van der Waals surface area contributed by atoms with Gasteiger partial charge in [-0.3, -0.25) is 4.79 Å². The highest BCUT2D eigenvalue weighted by molar-refractivity contribution is 14.1. The van der Waals surface area contributed by atoms with Crippen molar-refractivity contribution in [1.29, 1.82) is 5.26 Å². The summed E-state index contributed by atoms with van der Waals surface area (Å²) in [5.41, 5.74) is 3.17. The average molecular weight is 462 g/mol. The van der Waals surface area contributed by atoms with E-state index in [0.717, 1.165) is 14.7 Å². The Hall–Kier alpha value is -2.40. The van der Waals surface area contributed by atoms with Gasteiger partial charge >= 0.3 is 5.97 Å². The van der Waals surface area contributed by atoms with Gasteiger partial charge in [-0.1, -0.05) is 18.2 Å². The molecular formula is C20H19IN2O3. The summed E-state index contributed by atoms with van der Waals surface area (Å²) in [6.45, 7) is 3.77. The van der Waals surface area contributed by atoms with E-state index in [1.807, 2.05) is 66.8 Å². The van der Waals surface area contributed by atoms with Crippen LogP contribution in [-0.4, -0.2) is 25.0 Å². The Morgan fingerprint density at radius 3 is 2.42 bits per heavy atom. The third-order valence-corrected chi connectivity index (χ3v) is 4.63. The highest BCUT2D eigenvalue weighted by Gasteiger charge is 2.19. The Morgan fingerprint density at radius 1 is 1.15 bits per heavy atom. The molecule has 0 N–H and O–H groups in total. The van der Waals surface area contributed by atoms with Crippen molar-refractivity contribution in [1.82, 2.24) is 0 Å². The van der Waals surface area contributed by atoms with Crippen LogP contribution in [-0.2, 0) is 9.53 Å². The Morgan fingerprint density at radius 2 is 1.81 bits per heavy atom. The second-order valence-corrected chi connectivity index (χ2v) is 7.02. The number of nitrogens with zero attached hydrogens (tertiary/aromatic N) is 2. The van der Waals surface area contributed by atoms with Crippen LogP contribution in [0.2, 0.25) is 0 Å². The minimum atomic E-state index is -0.538. The van der Waals surface area contributed by atoms with Gasteiger partial charge < -0.3 is 9.64 Å². The summed E-state index contributed by atoms with van der Waals surface area (Å²) in [5.74, 6) is -0.895. The van der Waals surface area contributed by atoms with Crippen LogP contribution >= 0.6 is 22.6 Å². The molecule has 0 atom stereocenters. The fraction of sp³-hybridized carbons (Fsp3) is 0.250. The predicted octanol–water partition coefficient (Wildman–Crippen LogP) is 4.01. The minimum absolute atomic E-state index is 0.198. The smallest absolute Gasteiger partial charge is 0.339 e. The second-order valence-electron chi connectivity index (χ2n) is 5.86. The van der Waals surface area contributed by atoms with Gasteiger partial charge in [-0.2, -0.15) is 5.26 Å². The first kappa shape index (κ1) is 19.9. The third kappa shape index (κ3) is 5.30. The molecule has 0 radical (unpaired) electrons. The van der Waals surface area contributed by atoms with Gasteiger partial charge in [0.15, 0.2) is 6.61 Å². The maximum absolute atomic E-state index is 12.6. The van der Waals surface area contributed by atoms with Gasteiger partial charge in [0.25, 0.3) is 5.91 Å². The molecule has 26 heavy (non-hydrogen) atoms. The van der Waals surface area contributed by atoms with E-state index in [2.05, 4.69) is 0 Å². The number of halogens is 1. The third-order valence-electron chi connectivity index (χ3n) is 3.69. The van der Waals surface area contributed by atoms with Crippen molar-refractivity contribution in [2.75, 3.05) is 18.1 Å². The van der Waals surface area contributed by atoms with Crippen LogP contribution in [0, 0.1) is 28.7 Å². The maximum Gasteiger partial charge on any atom is 0.339 e. The monoisotopic (exact) mass is 462 g/mol. The quantitative estimate of drug-likeness (QED) is 0.481. The van der Waals surface area contributed by atoms with Crippen molar-refractivity contribution in [3.8, 4) is 6.07 Å². The molecule has 0 saturated carbocycles. The van der Waals surface area contributed by atoms with Gasteiger partial charge in [0.2, 0.25) is 0 Å². The van der Waals surface area contributed by atoms with Crippen LogP contribution in [0.25, 0.3) is 0 Å². The lowest BCUT2D eigenvalue weighted by Gasteiger charge is -2.22. The Labute approximate surface area is 166 Å². The topological polar surface area (TPSA) is 70.4 Å². The van der Waals surface area contributed by atoms with E-state index < -0.39 is 5.97 Å². The first-order valence-corrected chi connectivity index (χ1v) is 9.17. The van der Waals surface area contributed by atoms with Crippen LogP contribution in [0.3, 0.4) is 0 Å². The molecule has 0 aromatic heterocycles. The lowest BCUT2D eigenvalue weighted by atomic mass is 10.1. The number of carbonyl (C=O) groups excluding carboxylic acids is 2. The molecule has 2 aromatic rings. The van der Waals surface area contributed by atoms with Crippen molar-refractivity contribution in [2.45, 2.75) is 20.3 Å². The van der Waals surface area contributed by atoms with Crippen molar-refractivity contribution in [3.63, 3.8) is 0 Å². The van der Waals surface area contributed by atoms with E-state index >= 15 is 0 Å². The van der Waals surface area contributed by atoms with E-state index in [0.29, 0.717) is 11.3 Å². The van der Waals surface area contributed by atoms with Gasteiger partial charge in [-0.25, -0.2) is 4.79 Å². The first-order valence-electron chi connectivity index (χ1n) is 8.09. The number of benzene rings is 2. The summed E-state index contributed by atoms with van der Waals surface area (Å²) < 4.78 is 5.96. The van der Waals surface area contributed by atoms with E-state index in [1.165, 1.54) is 4.90 Å². The Kier molecular flexibility index (Phi) is 7.16. The van der Waals surface area contributed by atoms with Gasteiger partial charge in [0.05, 0.1) is 18.1 Å². The van der Waals surface area contributed by atoms with Crippen LogP contribution in [0.1, 0.15) is 27.9 Å². The average Bonchev–Trinajstić information content (AvgIpc) is 2.59. The second kappa shape index (κ2) is 9.34. The molecule has 134 valence electrons. The number of esters is 1. The molecule has 0 unspecified atom stereocenters. The zero-order chi connectivity index (χ0) is 19.1. The number of rotatable bonds is 6. The van der Waals surface area contributed by atoms with Crippen LogP contribution in [0.15, 0.2) is 42.5 Å². The van der Waals surface area contributed by atoms with E-state index in [-0.39, 0.29) is 25.5 Å². The Bertz CT molecular complexity index is 838. The van der Waals surface area contributed by atoms with Crippen molar-refractivity contribution >= 4 is 40.2 Å². The zero-order valence-electron chi connectivity index (χ0n) is 14.7. The standard InChI is InChI=1S/C20H19IN2O3/c1-14-10-15(2)12-16(11-14)23(9-5-8-22)19(24)13-26-20(25)17-6-3-4-7-18(17)21/h3-4,6-7,10-12H,5,9,13H2,1-2H3. The number of aryl methyl sites for hydroxylation is 2. The van der Waals surface area contributed by atoms with Crippen LogP contribution < -0.4 is 4.90 Å². The summed E-state index contributed by atoms with van der Waals surface area (Å²) >= 11 is 2.05. The summed E-state index contributed by atoms with van der Waals surface area (Å²) in [4.78, 5) is 26.3. The van der Waals surface area contributed by atoms with Crippen molar-refractivity contribution < 1.29 is 14.3 Å². The SMILES string of the molecule is Cc1cc(C)cc(N(CCC#N)C(=O)COC(=O)c2ccccc2I)c1. The zero-order valence-corrected chi connectivity index (χ0v) is 16.8. The van der Waals surface area contributed by atoms with Gasteiger partial charge in [-0.15, -0.1) is 0 Å². The molecule has 0 bridgehead atoms. The maximum atomic E-state index is 12.6. The Balaban J connectivity index is 2.13. The van der Waals surface area contributed by atoms with E-state index in [1.54, 1.807) is 18.2 Å². The van der Waals surface area contributed by atoms with Crippen LogP contribution in [0.5, 0.6) is 0 Å². The number of nitriles is 1. The molecule has 1 amide bonds. The lowest BCUT2D eigenvalue weighted by Crippen LogP contribution is -2.35. The predicted molar refractivity (Wildman–Crippen MR) is 108 cm³/mol.